The summed E-state index contributed by atoms with van der Waals surface area (Å²) in [4.78, 5) is 26.7. The minimum absolute atomic E-state index is 0.136. The average Bonchev–Trinajstić information content (AvgIpc) is 2.65. The third kappa shape index (κ3) is 4.99. The lowest BCUT2D eigenvalue weighted by Crippen LogP contribution is -2.35. The van der Waals surface area contributed by atoms with Crippen molar-refractivity contribution in [1.29, 1.82) is 5.26 Å². The van der Waals surface area contributed by atoms with E-state index in [0.717, 1.165) is 4.90 Å². The van der Waals surface area contributed by atoms with Gasteiger partial charge in [0.2, 0.25) is 0 Å². The minimum Gasteiger partial charge on any atom is -0.452 e. The standard InChI is InChI=1S/C18H15ClN2O3S/c1-25-14-7-8-16(19)15(11-14)18(23)24-12-17(22)21(10-9-20)13-5-3-2-4-6-13/h2-8,11H,10,12H2,1H3. The Bertz CT molecular complexity index is 806. The first-order valence-electron chi connectivity index (χ1n) is 7.30. The molecule has 25 heavy (non-hydrogen) atoms. The van der Waals surface area contributed by atoms with Crippen molar-refractivity contribution in [3.05, 3.63) is 59.1 Å². The summed E-state index contributed by atoms with van der Waals surface area (Å²) in [6.07, 6.45) is 1.88. The summed E-state index contributed by atoms with van der Waals surface area (Å²) in [6, 6.07) is 15.7. The summed E-state index contributed by atoms with van der Waals surface area (Å²) in [5.74, 6) is -1.17. The molecule has 0 spiro atoms. The van der Waals surface area contributed by atoms with Crippen LogP contribution in [0.2, 0.25) is 5.02 Å². The zero-order chi connectivity index (χ0) is 18.2. The number of halogens is 1. The van der Waals surface area contributed by atoms with E-state index in [0.29, 0.717) is 5.69 Å². The number of carbonyl (C=O) groups excluding carboxylic acids is 2. The molecule has 0 bridgehead atoms. The molecule has 7 heteroatoms. The van der Waals surface area contributed by atoms with Gasteiger partial charge < -0.3 is 4.74 Å². The maximum atomic E-state index is 12.3. The Morgan fingerprint density at radius 3 is 2.60 bits per heavy atom. The monoisotopic (exact) mass is 374 g/mol. The van der Waals surface area contributed by atoms with E-state index in [9.17, 15) is 9.59 Å². The van der Waals surface area contributed by atoms with Crippen LogP contribution in [0.5, 0.6) is 0 Å². The van der Waals surface area contributed by atoms with Gasteiger partial charge in [0.05, 0.1) is 16.7 Å². The molecule has 0 heterocycles. The van der Waals surface area contributed by atoms with E-state index in [-0.39, 0.29) is 17.1 Å². The number of para-hydroxylation sites is 1. The molecule has 0 saturated carbocycles. The molecule has 1 amide bonds. The molecule has 0 unspecified atom stereocenters. The largest absolute Gasteiger partial charge is 0.452 e. The number of nitrogens with zero attached hydrogens (tertiary/aromatic N) is 2. The number of hydrogen-bond donors (Lipinski definition) is 0. The van der Waals surface area contributed by atoms with E-state index in [1.54, 1.807) is 48.5 Å². The van der Waals surface area contributed by atoms with E-state index in [2.05, 4.69) is 0 Å². The second kappa shape index (κ2) is 9.11. The fraction of sp³-hybridized carbons (Fsp3) is 0.167. The first-order valence-corrected chi connectivity index (χ1v) is 8.90. The smallest absolute Gasteiger partial charge is 0.340 e. The predicted octanol–water partition coefficient (Wildman–Crippen LogP) is 3.78. The second-order valence-corrected chi connectivity index (χ2v) is 6.18. The van der Waals surface area contributed by atoms with E-state index >= 15 is 0 Å². The van der Waals surface area contributed by atoms with Crippen LogP contribution in [0.15, 0.2) is 53.4 Å². The maximum absolute atomic E-state index is 12.3. The molecule has 0 fully saturated rings. The Hall–Kier alpha value is -2.49. The number of amides is 1. The molecule has 2 aromatic rings. The Balaban J connectivity index is 2.07. The van der Waals surface area contributed by atoms with Crippen LogP contribution in [0, 0.1) is 11.3 Å². The zero-order valence-corrected chi connectivity index (χ0v) is 15.0. The van der Waals surface area contributed by atoms with Gasteiger partial charge >= 0.3 is 5.97 Å². The van der Waals surface area contributed by atoms with Gasteiger partial charge in [-0.2, -0.15) is 5.26 Å². The van der Waals surface area contributed by atoms with E-state index in [4.69, 9.17) is 21.6 Å². The molecule has 0 atom stereocenters. The average molecular weight is 375 g/mol. The number of esters is 1. The lowest BCUT2D eigenvalue weighted by molar-refractivity contribution is -0.121. The normalized spacial score (nSPS) is 9.96. The highest BCUT2D eigenvalue weighted by Gasteiger charge is 2.19. The summed E-state index contributed by atoms with van der Waals surface area (Å²) in [7, 11) is 0. The fourth-order valence-electron chi connectivity index (χ4n) is 2.07. The van der Waals surface area contributed by atoms with Gasteiger partial charge in [-0.3, -0.25) is 9.69 Å². The molecule has 0 aliphatic heterocycles. The van der Waals surface area contributed by atoms with Crippen LogP contribution >= 0.6 is 23.4 Å². The second-order valence-electron chi connectivity index (χ2n) is 4.90. The molecule has 128 valence electrons. The van der Waals surface area contributed by atoms with E-state index in [1.807, 2.05) is 12.3 Å². The van der Waals surface area contributed by atoms with Gasteiger partial charge in [0.25, 0.3) is 5.91 Å². The summed E-state index contributed by atoms with van der Waals surface area (Å²) in [5, 5.41) is 9.18. The molecular formula is C18H15ClN2O3S. The minimum atomic E-state index is -0.681. The molecule has 2 aromatic carbocycles. The molecule has 0 aliphatic carbocycles. The molecular weight excluding hydrogens is 360 g/mol. The van der Waals surface area contributed by atoms with Gasteiger partial charge in [0.1, 0.15) is 6.54 Å². The van der Waals surface area contributed by atoms with Crippen molar-refractivity contribution in [2.24, 2.45) is 0 Å². The first-order chi connectivity index (χ1) is 12.1. The lowest BCUT2D eigenvalue weighted by Gasteiger charge is -2.19. The highest BCUT2D eigenvalue weighted by atomic mass is 35.5. The molecule has 0 N–H and O–H groups in total. The predicted molar refractivity (Wildman–Crippen MR) is 97.9 cm³/mol. The first kappa shape index (κ1) is 18.8. The van der Waals surface area contributed by atoms with Crippen LogP contribution in [0.1, 0.15) is 10.4 Å². The molecule has 0 radical (unpaired) electrons. The van der Waals surface area contributed by atoms with Crippen LogP contribution in [0.3, 0.4) is 0 Å². The number of nitriles is 1. The van der Waals surface area contributed by atoms with Crippen molar-refractivity contribution in [3.8, 4) is 6.07 Å². The molecule has 5 nitrogen and oxygen atoms in total. The number of hydrogen-bond acceptors (Lipinski definition) is 5. The van der Waals surface area contributed by atoms with Crippen molar-refractivity contribution < 1.29 is 14.3 Å². The third-order valence-electron chi connectivity index (χ3n) is 3.32. The van der Waals surface area contributed by atoms with Gasteiger partial charge in [0, 0.05) is 10.6 Å². The maximum Gasteiger partial charge on any atom is 0.340 e. The molecule has 0 aliphatic rings. The summed E-state index contributed by atoms with van der Waals surface area (Å²) in [6.45, 7) is -0.613. The summed E-state index contributed by atoms with van der Waals surface area (Å²) >= 11 is 7.49. The van der Waals surface area contributed by atoms with E-state index < -0.39 is 18.5 Å². The number of carbonyl (C=O) groups is 2. The highest BCUT2D eigenvalue weighted by Crippen LogP contribution is 2.23. The van der Waals surface area contributed by atoms with Gasteiger partial charge in [-0.1, -0.05) is 29.8 Å². The van der Waals surface area contributed by atoms with Crippen LogP contribution in [0.4, 0.5) is 5.69 Å². The molecule has 0 saturated heterocycles. The van der Waals surface area contributed by atoms with Crippen LogP contribution in [0.25, 0.3) is 0 Å². The van der Waals surface area contributed by atoms with Crippen molar-refractivity contribution in [3.63, 3.8) is 0 Å². The number of ether oxygens (including phenoxy) is 1. The van der Waals surface area contributed by atoms with Crippen molar-refractivity contribution in [1.82, 2.24) is 0 Å². The fourth-order valence-corrected chi connectivity index (χ4v) is 2.71. The molecule has 2 rings (SSSR count). The number of thioether (sulfide) groups is 1. The van der Waals surface area contributed by atoms with Crippen LogP contribution < -0.4 is 4.90 Å². The van der Waals surface area contributed by atoms with Gasteiger partial charge in [-0.15, -0.1) is 11.8 Å². The Labute approximate surface area is 155 Å². The number of benzene rings is 2. The van der Waals surface area contributed by atoms with Crippen molar-refractivity contribution in [2.45, 2.75) is 4.90 Å². The zero-order valence-electron chi connectivity index (χ0n) is 13.4. The van der Waals surface area contributed by atoms with Crippen molar-refractivity contribution >= 4 is 40.9 Å². The Morgan fingerprint density at radius 2 is 1.96 bits per heavy atom. The highest BCUT2D eigenvalue weighted by molar-refractivity contribution is 7.98. The third-order valence-corrected chi connectivity index (χ3v) is 4.37. The number of anilines is 1. The van der Waals surface area contributed by atoms with E-state index in [1.165, 1.54) is 16.7 Å². The van der Waals surface area contributed by atoms with Crippen LogP contribution in [-0.4, -0.2) is 31.3 Å². The topological polar surface area (TPSA) is 70.4 Å². The van der Waals surface area contributed by atoms with Crippen LogP contribution in [-0.2, 0) is 9.53 Å². The summed E-state index contributed by atoms with van der Waals surface area (Å²) < 4.78 is 5.09. The summed E-state index contributed by atoms with van der Waals surface area (Å²) in [5.41, 5.74) is 0.764. The molecule has 0 aromatic heterocycles. The quantitative estimate of drug-likeness (QED) is 0.437. The lowest BCUT2D eigenvalue weighted by atomic mass is 10.2. The Kier molecular flexibility index (Phi) is 6.87. The van der Waals surface area contributed by atoms with Gasteiger partial charge in [-0.25, -0.2) is 4.79 Å². The number of rotatable bonds is 6. The SMILES string of the molecule is CSc1ccc(Cl)c(C(=O)OCC(=O)N(CC#N)c2ccccc2)c1. The van der Waals surface area contributed by atoms with Gasteiger partial charge in [-0.05, 0) is 36.6 Å². The van der Waals surface area contributed by atoms with Gasteiger partial charge in [0.15, 0.2) is 6.61 Å². The van der Waals surface area contributed by atoms with Crippen molar-refractivity contribution in [2.75, 3.05) is 24.3 Å². The Morgan fingerprint density at radius 1 is 1.24 bits per heavy atom.